The summed E-state index contributed by atoms with van der Waals surface area (Å²) >= 11 is 0. The molecule has 1 aromatic rings. The van der Waals surface area contributed by atoms with Crippen LogP contribution in [0.3, 0.4) is 0 Å². The third-order valence-electron chi connectivity index (χ3n) is 4.86. The van der Waals surface area contributed by atoms with Crippen LogP contribution < -0.4 is 10.6 Å². The van der Waals surface area contributed by atoms with Crippen LogP contribution in [0, 0.1) is 5.41 Å². The van der Waals surface area contributed by atoms with E-state index in [1.165, 1.54) is 6.07 Å². The quantitative estimate of drug-likeness (QED) is 0.540. The van der Waals surface area contributed by atoms with Crippen molar-refractivity contribution in [3.8, 4) is 0 Å². The van der Waals surface area contributed by atoms with Gasteiger partial charge in [-0.1, -0.05) is 12.1 Å². The molecule has 0 radical (unpaired) electrons. The Morgan fingerprint density at radius 2 is 1.93 bits per heavy atom. The number of carbonyl (C=O) groups is 1. The second-order valence-corrected chi connectivity index (χ2v) is 7.84. The zero-order chi connectivity index (χ0) is 22.4. The number of hydrogen-bond acceptors (Lipinski definition) is 3. The molecule has 1 aliphatic rings. The average Bonchev–Trinajstić information content (AvgIpc) is 2.71. The second kappa shape index (κ2) is 10.1. The highest BCUT2D eigenvalue weighted by Crippen LogP contribution is 2.32. The molecule has 1 unspecified atom stereocenters. The molecule has 1 atom stereocenters. The Morgan fingerprint density at radius 1 is 1.23 bits per heavy atom. The van der Waals surface area contributed by atoms with Gasteiger partial charge in [0.05, 0.1) is 30.7 Å². The van der Waals surface area contributed by atoms with Gasteiger partial charge in [0.2, 0.25) is 5.91 Å². The third kappa shape index (κ3) is 6.35. The number of hydrogen-bond donors (Lipinski definition) is 2. The lowest BCUT2D eigenvalue weighted by molar-refractivity contribution is -0.137. The molecule has 0 bridgehead atoms. The topological polar surface area (TPSA) is 66.0 Å². The normalized spacial score (nSPS) is 18.3. The van der Waals surface area contributed by atoms with E-state index in [1.54, 1.807) is 6.07 Å². The van der Waals surface area contributed by atoms with E-state index in [9.17, 15) is 18.0 Å². The first-order valence-corrected chi connectivity index (χ1v) is 10.2. The van der Waals surface area contributed by atoms with Gasteiger partial charge in [0, 0.05) is 19.6 Å². The number of alkyl halides is 3. The van der Waals surface area contributed by atoms with Gasteiger partial charge in [-0.25, -0.2) is 0 Å². The summed E-state index contributed by atoms with van der Waals surface area (Å²) in [5.41, 5.74) is -0.887. The minimum Gasteiger partial charge on any atom is -0.370 e. The van der Waals surface area contributed by atoms with Crippen molar-refractivity contribution in [2.24, 2.45) is 10.4 Å². The van der Waals surface area contributed by atoms with Gasteiger partial charge < -0.3 is 20.3 Å². The fourth-order valence-electron chi connectivity index (χ4n) is 3.13. The summed E-state index contributed by atoms with van der Waals surface area (Å²) in [6, 6.07) is 5.23. The fraction of sp³-hybridized carbons (Fsp3) is 0.619. The lowest BCUT2D eigenvalue weighted by Gasteiger charge is -2.36. The Labute approximate surface area is 175 Å². The van der Waals surface area contributed by atoms with Crippen LogP contribution in [0.4, 0.5) is 13.2 Å². The molecule has 2 N–H and O–H groups in total. The molecule has 1 aromatic carbocycles. The van der Waals surface area contributed by atoms with Crippen molar-refractivity contribution in [2.75, 3.05) is 39.3 Å². The minimum absolute atomic E-state index is 0.0755. The number of carbonyl (C=O) groups excluding carboxylic acids is 1. The molecule has 0 spiro atoms. The van der Waals surface area contributed by atoms with E-state index >= 15 is 0 Å². The van der Waals surface area contributed by atoms with E-state index in [2.05, 4.69) is 15.6 Å². The molecule has 9 heteroatoms. The number of nitrogens with one attached hydrogen (secondary N) is 2. The van der Waals surface area contributed by atoms with E-state index in [-0.39, 0.29) is 12.5 Å². The van der Waals surface area contributed by atoms with Crippen molar-refractivity contribution in [1.29, 1.82) is 0 Å². The van der Waals surface area contributed by atoms with E-state index < -0.39 is 23.3 Å². The molecule has 0 aromatic heterocycles. The second-order valence-electron chi connectivity index (χ2n) is 7.84. The molecule has 1 heterocycles. The van der Waals surface area contributed by atoms with Gasteiger partial charge in [-0.15, -0.1) is 0 Å². The number of halogens is 3. The maximum Gasteiger partial charge on any atom is 0.416 e. The molecule has 1 fully saturated rings. The van der Waals surface area contributed by atoms with Gasteiger partial charge >= 0.3 is 6.18 Å². The highest BCUT2D eigenvalue weighted by atomic mass is 19.4. The first kappa shape index (κ1) is 24.0. The first-order valence-electron chi connectivity index (χ1n) is 10.2. The van der Waals surface area contributed by atoms with Crippen molar-refractivity contribution >= 4 is 11.9 Å². The molecule has 30 heavy (non-hydrogen) atoms. The number of nitrogens with zero attached hydrogens (tertiary/aromatic N) is 2. The third-order valence-corrected chi connectivity index (χ3v) is 4.86. The van der Waals surface area contributed by atoms with E-state index in [0.717, 1.165) is 12.1 Å². The van der Waals surface area contributed by atoms with E-state index in [1.807, 2.05) is 32.6 Å². The van der Waals surface area contributed by atoms with Crippen LogP contribution >= 0.6 is 0 Å². The number of benzene rings is 1. The van der Waals surface area contributed by atoms with Gasteiger partial charge in [-0.3, -0.25) is 9.79 Å². The molecule has 0 aliphatic carbocycles. The number of amides is 1. The van der Waals surface area contributed by atoms with Crippen LogP contribution in [0.15, 0.2) is 29.3 Å². The van der Waals surface area contributed by atoms with E-state index in [4.69, 9.17) is 4.74 Å². The lowest BCUT2D eigenvalue weighted by Crippen LogP contribution is -2.49. The molecule has 168 valence electrons. The van der Waals surface area contributed by atoms with Gasteiger partial charge in [0.1, 0.15) is 6.10 Å². The van der Waals surface area contributed by atoms with Crippen LogP contribution in [0.5, 0.6) is 0 Å². The van der Waals surface area contributed by atoms with Gasteiger partial charge in [-0.05, 0) is 45.4 Å². The van der Waals surface area contributed by atoms with Crippen LogP contribution in [-0.2, 0) is 15.7 Å². The van der Waals surface area contributed by atoms with Crippen molar-refractivity contribution < 1.29 is 22.7 Å². The van der Waals surface area contributed by atoms with Crippen molar-refractivity contribution in [1.82, 2.24) is 15.5 Å². The number of ether oxygens (including phenoxy) is 1. The SMILES string of the molecule is CCNC(=O)C(C)(C)CN=C(NCC)N1CCOC(c2cccc(C(F)(F)F)c2)C1. The summed E-state index contributed by atoms with van der Waals surface area (Å²) in [4.78, 5) is 18.8. The lowest BCUT2D eigenvalue weighted by atomic mass is 9.92. The smallest absolute Gasteiger partial charge is 0.370 e. The molecule has 1 aliphatic heterocycles. The van der Waals surface area contributed by atoms with Crippen molar-refractivity contribution in [3.05, 3.63) is 35.4 Å². The summed E-state index contributed by atoms with van der Waals surface area (Å²) in [5, 5.41) is 6.03. The highest BCUT2D eigenvalue weighted by molar-refractivity contribution is 5.83. The summed E-state index contributed by atoms with van der Waals surface area (Å²) < 4.78 is 44.9. The van der Waals surface area contributed by atoms with Crippen LogP contribution in [0.1, 0.15) is 44.9 Å². The van der Waals surface area contributed by atoms with E-state index in [0.29, 0.717) is 44.3 Å². The molecule has 2 rings (SSSR count). The molecule has 6 nitrogen and oxygen atoms in total. The van der Waals surface area contributed by atoms with Crippen LogP contribution in [-0.4, -0.2) is 56.1 Å². The molecule has 1 amide bonds. The maximum atomic E-state index is 13.1. The number of morpholine rings is 1. The standard InChI is InChI=1S/C21H31F3N4O2/c1-5-25-18(29)20(3,4)14-27-19(26-6-2)28-10-11-30-17(13-28)15-8-7-9-16(12-15)21(22,23)24/h7-9,12,17H,5-6,10-11,13-14H2,1-4H3,(H,25,29)(H,26,27). The number of rotatable bonds is 6. The molecular formula is C21H31F3N4O2. The summed E-state index contributed by atoms with van der Waals surface area (Å²) in [5.74, 6) is 0.545. The first-order chi connectivity index (χ1) is 14.1. The maximum absolute atomic E-state index is 13.1. The average molecular weight is 428 g/mol. The summed E-state index contributed by atoms with van der Waals surface area (Å²) in [6.45, 7) is 10.2. The monoisotopic (exact) mass is 428 g/mol. The molecular weight excluding hydrogens is 397 g/mol. The predicted molar refractivity (Wildman–Crippen MR) is 110 cm³/mol. The van der Waals surface area contributed by atoms with Gasteiger partial charge in [0.15, 0.2) is 5.96 Å². The molecule has 1 saturated heterocycles. The van der Waals surface area contributed by atoms with Crippen LogP contribution in [0.2, 0.25) is 0 Å². The Hall–Kier alpha value is -2.29. The number of guanidine groups is 1. The van der Waals surface area contributed by atoms with Crippen molar-refractivity contribution in [2.45, 2.75) is 40.0 Å². The Bertz CT molecular complexity index is 750. The Morgan fingerprint density at radius 3 is 2.57 bits per heavy atom. The minimum atomic E-state index is -4.40. The molecule has 0 saturated carbocycles. The summed E-state index contributed by atoms with van der Waals surface area (Å²) in [7, 11) is 0. The van der Waals surface area contributed by atoms with Crippen LogP contribution in [0.25, 0.3) is 0 Å². The predicted octanol–water partition coefficient (Wildman–Crippen LogP) is 3.21. The Balaban J connectivity index is 2.17. The largest absolute Gasteiger partial charge is 0.416 e. The summed E-state index contributed by atoms with van der Waals surface area (Å²) in [6.07, 6.45) is -4.90. The van der Waals surface area contributed by atoms with Gasteiger partial charge in [-0.2, -0.15) is 13.2 Å². The van der Waals surface area contributed by atoms with Gasteiger partial charge in [0.25, 0.3) is 0 Å². The Kier molecular flexibility index (Phi) is 8.11. The number of aliphatic imine (C=N–C) groups is 1. The zero-order valence-corrected chi connectivity index (χ0v) is 18.0. The zero-order valence-electron chi connectivity index (χ0n) is 18.0. The highest BCUT2D eigenvalue weighted by Gasteiger charge is 2.32. The fourth-order valence-corrected chi connectivity index (χ4v) is 3.13. The van der Waals surface area contributed by atoms with Crippen molar-refractivity contribution in [3.63, 3.8) is 0 Å².